The van der Waals surface area contributed by atoms with Crippen LogP contribution in [-0.2, 0) is 9.47 Å². The van der Waals surface area contributed by atoms with Crippen LogP contribution in [-0.4, -0.2) is 204 Å². The van der Waals surface area contributed by atoms with E-state index in [9.17, 15) is 9.59 Å². The van der Waals surface area contributed by atoms with Crippen LogP contribution >= 0.6 is 93.6 Å². The maximum absolute atomic E-state index is 12.3. The first-order valence-corrected chi connectivity index (χ1v) is 37.9. The van der Waals surface area contributed by atoms with Gasteiger partial charge in [-0.15, -0.1) is 12.4 Å². The summed E-state index contributed by atoms with van der Waals surface area (Å²) in [6, 6.07) is 34.8. The second-order valence-corrected chi connectivity index (χ2v) is 27.1. The maximum atomic E-state index is 12.3. The van der Waals surface area contributed by atoms with Crippen molar-refractivity contribution in [2.45, 2.75) is 124 Å². The number of nitrogens with one attached hydrogen (secondary N) is 2. The molecule has 2 saturated heterocycles. The number of hydrogen-bond acceptors (Lipinski definition) is 31. The zero-order chi connectivity index (χ0) is 83.1. The number of rotatable bonds is 22. The first-order chi connectivity index (χ1) is 53.3. The van der Waals surface area contributed by atoms with E-state index in [0.29, 0.717) is 48.9 Å². The van der Waals surface area contributed by atoms with Crippen molar-refractivity contribution >= 4 is 153 Å². The number of benzene rings is 4. The molecule has 5 aromatic heterocycles. The zero-order valence-electron chi connectivity index (χ0n) is 65.7. The Morgan fingerprint density at radius 2 is 0.770 bits per heavy atom. The Balaban J connectivity index is 0.000000359. The SMILES string of the molecule is CCC.CC[C@@H](CO)Nc1nc(Cl)nc(N(C)C)n1.CC[C@H](N)CO.CC[C@H]1COC(=O)N1c1nc(Cl)nc(N(C)C)n1.CC[C@H]1COC(=O)N1c1nc(N[C@@H](C)c2ccc(Oc3ccccc3)cc2)nc(N(C)C)n1.CN(C)c1nc(Cl)nc(Cl)n1.C[C@H](N)c1ccc(Oc2ccccc2)cc1.Cl.Clc1nc(Cl)nc(Cl)n1. The monoisotopic (exact) mass is 1720 g/mol. The summed E-state index contributed by atoms with van der Waals surface area (Å²) >= 11 is 38.6. The molecule has 4 aromatic carbocycles. The van der Waals surface area contributed by atoms with Crippen LogP contribution in [0.1, 0.15) is 111 Å². The minimum Gasteiger partial charge on any atom is -0.457 e. The molecule has 0 unspecified atom stereocenters. The quantitative estimate of drug-likeness (QED) is 0.0367. The van der Waals surface area contributed by atoms with Gasteiger partial charge in [-0.05, 0) is 180 Å². The molecule has 6 atom stereocenters. The molecule has 0 bridgehead atoms. The molecule has 0 radical (unpaired) electrons. The third-order valence-electron chi connectivity index (χ3n) is 14.7. The van der Waals surface area contributed by atoms with Crippen LogP contribution in [0.5, 0.6) is 23.0 Å². The zero-order valence-corrected chi connectivity index (χ0v) is 71.8. The summed E-state index contributed by atoms with van der Waals surface area (Å²) in [4.78, 5) is 93.2. The van der Waals surface area contributed by atoms with Gasteiger partial charge in [-0.1, -0.05) is 109 Å². The highest BCUT2D eigenvalue weighted by Gasteiger charge is 2.37. The summed E-state index contributed by atoms with van der Waals surface area (Å²) in [5, 5.41) is 24.0. The number of amides is 2. The van der Waals surface area contributed by atoms with Crippen LogP contribution in [0.15, 0.2) is 109 Å². The van der Waals surface area contributed by atoms with E-state index in [-0.39, 0.29) is 111 Å². The van der Waals surface area contributed by atoms with Crippen molar-refractivity contribution in [2.24, 2.45) is 11.5 Å². The minimum absolute atomic E-state index is 0. The molecule has 2 amide bonds. The van der Waals surface area contributed by atoms with Crippen LogP contribution in [0.2, 0.25) is 37.0 Å². The van der Waals surface area contributed by atoms with Crippen LogP contribution in [0.4, 0.5) is 57.2 Å². The molecule has 33 nitrogen and oxygen atoms in total. The largest absolute Gasteiger partial charge is 0.457 e. The van der Waals surface area contributed by atoms with Gasteiger partial charge in [0.25, 0.3) is 0 Å². The second-order valence-electron chi connectivity index (χ2n) is 24.7. The molecule has 0 saturated carbocycles. The Bertz CT molecular complexity index is 4170. The number of para-hydroxylation sites is 2. The predicted octanol–water partition coefficient (Wildman–Crippen LogP) is 14.9. The van der Waals surface area contributed by atoms with Gasteiger partial charge in [-0.3, -0.25) is 0 Å². The number of nitrogens with zero attached hydrogens (tertiary/aromatic N) is 21. The Kier molecular flexibility index (Phi) is 44.9. The maximum Gasteiger partial charge on any atom is 0.417 e. The summed E-state index contributed by atoms with van der Waals surface area (Å²) in [6.45, 7) is 16.9. The summed E-state index contributed by atoms with van der Waals surface area (Å²) < 4.78 is 21.7. The number of cyclic esters (lactones) is 2. The van der Waals surface area contributed by atoms with E-state index in [1.54, 1.807) is 47.8 Å². The Labute approximate surface area is 700 Å². The molecular formula is C72H99Cl8N25O8. The lowest BCUT2D eigenvalue weighted by molar-refractivity contribution is 0.177. The Morgan fingerprint density at radius 1 is 0.442 bits per heavy atom. The van der Waals surface area contributed by atoms with Crippen molar-refractivity contribution < 1.29 is 38.7 Å². The van der Waals surface area contributed by atoms with Gasteiger partial charge < -0.3 is 70.9 Å². The van der Waals surface area contributed by atoms with E-state index in [1.165, 1.54) is 16.2 Å². The first-order valence-electron chi connectivity index (χ1n) is 35.2. The number of hydrogen-bond donors (Lipinski definition) is 6. The lowest BCUT2D eigenvalue weighted by Gasteiger charge is -2.22. The number of carbonyl (C=O) groups is 2. The molecule has 41 heteroatoms. The Morgan fingerprint density at radius 3 is 1.12 bits per heavy atom. The van der Waals surface area contributed by atoms with E-state index in [2.05, 4.69) is 99.2 Å². The fourth-order valence-electron chi connectivity index (χ4n) is 8.58. The minimum atomic E-state index is -0.450. The van der Waals surface area contributed by atoms with Crippen molar-refractivity contribution in [3.8, 4) is 23.0 Å². The number of nitrogens with two attached hydrogens (primary N) is 2. The normalized spacial score (nSPS) is 13.9. The highest BCUT2D eigenvalue weighted by atomic mass is 35.5. The lowest BCUT2D eigenvalue weighted by atomic mass is 10.1. The number of halogens is 8. The number of aliphatic hydroxyl groups is 2. The van der Waals surface area contributed by atoms with E-state index in [4.69, 9.17) is 122 Å². The number of anilines is 8. The van der Waals surface area contributed by atoms with Crippen LogP contribution in [0, 0.1) is 0 Å². The number of aromatic nitrogens is 15. The van der Waals surface area contributed by atoms with Crippen molar-refractivity contribution in [1.29, 1.82) is 0 Å². The molecule has 2 fully saturated rings. The smallest absolute Gasteiger partial charge is 0.417 e. The molecule has 0 aliphatic carbocycles. The summed E-state index contributed by atoms with van der Waals surface area (Å²) in [7, 11) is 14.5. The van der Waals surface area contributed by atoms with E-state index in [1.807, 2.05) is 179 Å². The first kappa shape index (κ1) is 98.2. The van der Waals surface area contributed by atoms with E-state index in [0.717, 1.165) is 59.8 Å². The van der Waals surface area contributed by atoms with Gasteiger partial charge in [-0.25, -0.2) is 19.4 Å². The van der Waals surface area contributed by atoms with Crippen LogP contribution < -0.4 is 61.0 Å². The van der Waals surface area contributed by atoms with Crippen molar-refractivity contribution in [2.75, 3.05) is 123 Å². The average molecular weight is 1730 g/mol. The molecule has 9 aromatic rings. The summed E-state index contributed by atoms with van der Waals surface area (Å²) in [6.07, 6.45) is 3.49. The number of ether oxygens (including phenoxy) is 4. The second kappa shape index (κ2) is 51.7. The summed E-state index contributed by atoms with van der Waals surface area (Å²) in [5.41, 5.74) is 13.1. The molecule has 7 heterocycles. The topological polar surface area (TPSA) is 400 Å². The molecular weight excluding hydrogens is 1630 g/mol. The number of carbonyl (C=O) groups excluding carboxylic acids is 2. The standard InChI is InChI=1S/C24H28N6O3.C14H15NO.C10H14ClN5O2.C9H16ClN5O.C5H6Cl2N4.C4H11NO.C3Cl3N3.C3H8.ClH/c1-5-18-15-32-24(31)30(18)23-27-21(26-22(28-23)29(3)4)25-16(2)17-11-13-20(14-12-17)33-19-9-7-6-8-10-19;1-11(15)12-7-9-14(10-8-12)16-13-5-3-2-4-6-13;1-4-6-5-18-10(17)16(6)9-13-7(11)12-8(14-9)15(2)3;1-4-6(5-16)11-8-12-7(10)13-9(14-8)15(2)3;1-11(2)5-9-3(6)8-4(7)10-5;1-2-4(5)3-6;4-1-7-2(5)9-3(6)8-1;1-3-2;/h6-14,16,18H,5,15H2,1-4H3,(H,25,26,27,28);2-11H,15H2,1H3;6H,4-5H2,1-3H3;6,16H,4-5H2,1-3H3,(H,11,12,13,14);1-2H3;4,6H,2-3,5H2,1H3;;3H2,1-2H3;1H/t16-,18-;11-;2*6-;;4-;;;/m0000.0.../s1. The van der Waals surface area contributed by atoms with Gasteiger partial charge in [0.05, 0.1) is 37.4 Å². The van der Waals surface area contributed by atoms with Gasteiger partial charge in [0.15, 0.2) is 0 Å². The molecule has 616 valence electrons. The van der Waals surface area contributed by atoms with Crippen LogP contribution in [0.3, 0.4) is 0 Å². The molecule has 8 N–H and O–H groups in total. The van der Waals surface area contributed by atoms with Gasteiger partial charge in [-0.2, -0.15) is 74.8 Å². The average Bonchev–Trinajstić information content (AvgIpc) is 1.78. The highest BCUT2D eigenvalue weighted by Crippen LogP contribution is 2.30. The number of aliphatic hydroxyl groups excluding tert-OH is 2. The molecule has 113 heavy (non-hydrogen) atoms. The third kappa shape index (κ3) is 35.1. The third-order valence-corrected chi connectivity index (χ3v) is 15.9. The fraction of sp³-hybridized carbons (Fsp3) is 0.431. The summed E-state index contributed by atoms with van der Waals surface area (Å²) in [5.74, 6) is 6.29. The molecule has 0 spiro atoms. The van der Waals surface area contributed by atoms with Gasteiger partial charge >= 0.3 is 12.2 Å². The van der Waals surface area contributed by atoms with Gasteiger partial charge in [0.1, 0.15) is 36.2 Å². The molecule has 2 aliphatic heterocycles. The van der Waals surface area contributed by atoms with Crippen LogP contribution in [0.25, 0.3) is 0 Å². The predicted molar refractivity (Wildman–Crippen MR) is 451 cm³/mol. The lowest BCUT2D eigenvalue weighted by Crippen LogP contribution is -2.35. The Hall–Kier alpha value is -8.97. The molecule has 11 rings (SSSR count). The van der Waals surface area contributed by atoms with Crippen molar-refractivity contribution in [3.63, 3.8) is 0 Å². The van der Waals surface area contributed by atoms with Crippen molar-refractivity contribution in [3.05, 3.63) is 157 Å². The van der Waals surface area contributed by atoms with E-state index < -0.39 is 12.2 Å². The van der Waals surface area contributed by atoms with Gasteiger partial charge in [0.2, 0.25) is 84.6 Å². The fourth-order valence-corrected chi connectivity index (χ4v) is 9.85. The van der Waals surface area contributed by atoms with E-state index >= 15 is 0 Å². The highest BCUT2D eigenvalue weighted by molar-refractivity contribution is 6.33. The van der Waals surface area contributed by atoms with Crippen molar-refractivity contribution in [1.82, 2.24) is 74.8 Å². The van der Waals surface area contributed by atoms with Gasteiger partial charge in [0, 0.05) is 68.5 Å². The molecule has 2 aliphatic rings.